The molecular weight excluding hydrogens is 308 g/mol. The van der Waals surface area contributed by atoms with Crippen LogP contribution in [0.25, 0.3) is 0 Å². The molecule has 0 amide bonds. The van der Waals surface area contributed by atoms with Crippen LogP contribution in [0.4, 0.5) is 0 Å². The van der Waals surface area contributed by atoms with Crippen LogP contribution in [0.1, 0.15) is 20.3 Å². The van der Waals surface area contributed by atoms with Crippen LogP contribution >= 0.6 is 0 Å². The van der Waals surface area contributed by atoms with Gasteiger partial charge in [0.15, 0.2) is 6.29 Å². The van der Waals surface area contributed by atoms with Gasteiger partial charge in [-0.1, -0.05) is 26.0 Å². The number of aliphatic hydroxyl groups is 6. The van der Waals surface area contributed by atoms with Crippen molar-refractivity contribution in [3.8, 4) is 0 Å². The number of ether oxygens (including phenoxy) is 2. The van der Waals surface area contributed by atoms with E-state index >= 15 is 0 Å². The standard InChI is InChI=1S/C15H26O8/c1-7(2)15(21)4-3-8(17)9(5-15)22-14-13(20)12(19)11(18)10(6-16)23-14/h3-4,7-14,16-21H,5-6H2,1-2H3/t8-,9+,10+,11+,12-,13+,14+,15-/m0/s1. The summed E-state index contributed by atoms with van der Waals surface area (Å²) in [6.45, 7) is 3.09. The Bertz CT molecular complexity index is 426. The third kappa shape index (κ3) is 3.75. The smallest absolute Gasteiger partial charge is 0.187 e. The van der Waals surface area contributed by atoms with Crippen molar-refractivity contribution in [2.24, 2.45) is 5.92 Å². The molecule has 0 aromatic rings. The van der Waals surface area contributed by atoms with Gasteiger partial charge < -0.3 is 40.1 Å². The van der Waals surface area contributed by atoms with E-state index in [2.05, 4.69) is 0 Å². The zero-order valence-electron chi connectivity index (χ0n) is 13.2. The van der Waals surface area contributed by atoms with Crippen LogP contribution in [0, 0.1) is 5.92 Å². The number of hydrogen-bond acceptors (Lipinski definition) is 8. The first-order valence-electron chi connectivity index (χ1n) is 7.75. The van der Waals surface area contributed by atoms with Gasteiger partial charge in [0.25, 0.3) is 0 Å². The molecule has 1 fully saturated rings. The molecule has 0 saturated carbocycles. The molecule has 0 aromatic heterocycles. The summed E-state index contributed by atoms with van der Waals surface area (Å²) >= 11 is 0. The van der Waals surface area contributed by atoms with Gasteiger partial charge in [-0.15, -0.1) is 0 Å². The largest absolute Gasteiger partial charge is 0.394 e. The van der Waals surface area contributed by atoms with E-state index in [0.29, 0.717) is 0 Å². The van der Waals surface area contributed by atoms with Crippen molar-refractivity contribution in [2.45, 2.75) is 68.8 Å². The predicted octanol–water partition coefficient (Wildman–Crippen LogP) is -2.12. The van der Waals surface area contributed by atoms with Crippen LogP contribution in [-0.2, 0) is 9.47 Å². The maximum atomic E-state index is 10.5. The van der Waals surface area contributed by atoms with Crippen molar-refractivity contribution in [3.05, 3.63) is 12.2 Å². The first-order chi connectivity index (χ1) is 10.7. The Labute approximate surface area is 134 Å². The SMILES string of the molecule is CC(C)[C@]1(O)C=C[C@H](O)[C@H](O[C@@H]2O[C@H](CO)[C@@H](O)[C@H](O)[C@H]2O)C1. The van der Waals surface area contributed by atoms with Gasteiger partial charge in [0.1, 0.15) is 24.4 Å². The van der Waals surface area contributed by atoms with Crippen molar-refractivity contribution in [2.75, 3.05) is 6.61 Å². The van der Waals surface area contributed by atoms with E-state index in [1.54, 1.807) is 0 Å². The lowest BCUT2D eigenvalue weighted by atomic mass is 9.79. The first-order valence-corrected chi connectivity index (χ1v) is 7.75. The highest BCUT2D eigenvalue weighted by Crippen LogP contribution is 2.33. The fourth-order valence-electron chi connectivity index (χ4n) is 2.81. The molecule has 1 aliphatic heterocycles. The summed E-state index contributed by atoms with van der Waals surface area (Å²) in [5, 5.41) is 59.2. The minimum absolute atomic E-state index is 0.0807. The maximum absolute atomic E-state index is 10.5. The van der Waals surface area contributed by atoms with E-state index in [-0.39, 0.29) is 12.3 Å². The minimum Gasteiger partial charge on any atom is -0.394 e. The predicted molar refractivity (Wildman–Crippen MR) is 78.2 cm³/mol. The van der Waals surface area contributed by atoms with Gasteiger partial charge >= 0.3 is 0 Å². The second kappa shape index (κ2) is 7.12. The third-order valence-corrected chi connectivity index (χ3v) is 4.65. The molecular formula is C15H26O8. The summed E-state index contributed by atoms with van der Waals surface area (Å²) in [6.07, 6.45) is -5.85. The first kappa shape index (κ1) is 18.8. The van der Waals surface area contributed by atoms with E-state index in [4.69, 9.17) is 14.6 Å². The van der Waals surface area contributed by atoms with E-state index in [1.807, 2.05) is 13.8 Å². The maximum Gasteiger partial charge on any atom is 0.187 e. The highest BCUT2D eigenvalue weighted by molar-refractivity contribution is 5.13. The van der Waals surface area contributed by atoms with Gasteiger partial charge in [-0.3, -0.25) is 0 Å². The molecule has 0 unspecified atom stereocenters. The molecule has 1 heterocycles. The molecule has 0 bridgehead atoms. The summed E-state index contributed by atoms with van der Waals surface area (Å²) in [5.41, 5.74) is -1.17. The van der Waals surface area contributed by atoms with Crippen LogP contribution < -0.4 is 0 Å². The van der Waals surface area contributed by atoms with E-state index < -0.39 is 55.1 Å². The molecule has 6 N–H and O–H groups in total. The van der Waals surface area contributed by atoms with Gasteiger partial charge in [-0.05, 0) is 5.92 Å². The lowest BCUT2D eigenvalue weighted by Gasteiger charge is -2.43. The summed E-state index contributed by atoms with van der Waals surface area (Å²) in [4.78, 5) is 0. The van der Waals surface area contributed by atoms with Crippen LogP contribution in [0.5, 0.6) is 0 Å². The second-order valence-corrected chi connectivity index (χ2v) is 6.57. The van der Waals surface area contributed by atoms with E-state index in [1.165, 1.54) is 12.2 Å². The topological polar surface area (TPSA) is 140 Å². The zero-order chi connectivity index (χ0) is 17.4. The molecule has 23 heavy (non-hydrogen) atoms. The van der Waals surface area contributed by atoms with E-state index in [0.717, 1.165) is 0 Å². The molecule has 1 saturated heterocycles. The van der Waals surface area contributed by atoms with Crippen molar-refractivity contribution in [3.63, 3.8) is 0 Å². The third-order valence-electron chi connectivity index (χ3n) is 4.65. The van der Waals surface area contributed by atoms with Gasteiger partial charge in [-0.2, -0.15) is 0 Å². The van der Waals surface area contributed by atoms with Crippen molar-refractivity contribution < 1.29 is 40.1 Å². The Morgan fingerprint density at radius 1 is 1.17 bits per heavy atom. The highest BCUT2D eigenvalue weighted by Gasteiger charge is 2.47. The molecule has 8 nitrogen and oxygen atoms in total. The van der Waals surface area contributed by atoms with Crippen LogP contribution in [-0.4, -0.2) is 85.8 Å². The zero-order valence-corrected chi connectivity index (χ0v) is 13.2. The Balaban J connectivity index is 2.09. The normalized spacial score (nSPS) is 48.0. The average Bonchev–Trinajstić information content (AvgIpc) is 2.51. The number of hydrogen-bond donors (Lipinski definition) is 6. The summed E-state index contributed by atoms with van der Waals surface area (Å²) in [7, 11) is 0. The molecule has 8 atom stereocenters. The van der Waals surface area contributed by atoms with Gasteiger partial charge in [0.2, 0.25) is 0 Å². The molecule has 2 aliphatic rings. The van der Waals surface area contributed by atoms with Crippen LogP contribution in [0.2, 0.25) is 0 Å². The molecule has 1 aliphatic carbocycles. The van der Waals surface area contributed by atoms with Gasteiger partial charge in [0.05, 0.1) is 24.4 Å². The monoisotopic (exact) mass is 334 g/mol. The lowest BCUT2D eigenvalue weighted by molar-refractivity contribution is -0.318. The molecule has 8 heteroatoms. The van der Waals surface area contributed by atoms with Gasteiger partial charge in [-0.25, -0.2) is 0 Å². The molecule has 0 aromatic carbocycles. The summed E-state index contributed by atoms with van der Waals surface area (Å²) < 4.78 is 10.8. The van der Waals surface area contributed by atoms with Crippen LogP contribution in [0.15, 0.2) is 12.2 Å². The summed E-state index contributed by atoms with van der Waals surface area (Å²) in [6, 6.07) is 0. The van der Waals surface area contributed by atoms with Crippen LogP contribution in [0.3, 0.4) is 0 Å². The Morgan fingerprint density at radius 3 is 2.39 bits per heavy atom. The van der Waals surface area contributed by atoms with Crippen molar-refractivity contribution >= 4 is 0 Å². The van der Waals surface area contributed by atoms with Crippen molar-refractivity contribution in [1.82, 2.24) is 0 Å². The lowest BCUT2D eigenvalue weighted by Crippen LogP contribution is -2.60. The fourth-order valence-corrected chi connectivity index (χ4v) is 2.81. The Kier molecular flexibility index (Phi) is 5.81. The molecule has 134 valence electrons. The Hall–Kier alpha value is -0.580. The molecule has 0 radical (unpaired) electrons. The Morgan fingerprint density at radius 2 is 1.83 bits per heavy atom. The summed E-state index contributed by atoms with van der Waals surface area (Å²) in [5.74, 6) is -0.118. The highest BCUT2D eigenvalue weighted by atomic mass is 16.7. The van der Waals surface area contributed by atoms with E-state index in [9.17, 15) is 25.5 Å². The fraction of sp³-hybridized carbons (Fsp3) is 0.867. The average molecular weight is 334 g/mol. The molecule has 2 rings (SSSR count). The van der Waals surface area contributed by atoms with Crippen molar-refractivity contribution in [1.29, 1.82) is 0 Å². The minimum atomic E-state index is -1.55. The van der Waals surface area contributed by atoms with Gasteiger partial charge in [0, 0.05) is 6.42 Å². The molecule has 0 spiro atoms. The quantitative estimate of drug-likeness (QED) is 0.321. The second-order valence-electron chi connectivity index (χ2n) is 6.57. The number of aliphatic hydroxyl groups excluding tert-OH is 5. The number of rotatable bonds is 4.